The van der Waals surface area contributed by atoms with E-state index in [1.165, 1.54) is 5.41 Å². The zero-order valence-electron chi connectivity index (χ0n) is 9.19. The molecule has 0 aliphatic carbocycles. The van der Waals surface area contributed by atoms with Crippen LogP contribution in [0.1, 0.15) is 13.3 Å². The Morgan fingerprint density at radius 3 is 2.81 bits per heavy atom. The lowest BCUT2D eigenvalue weighted by Crippen LogP contribution is -2.45. The van der Waals surface area contributed by atoms with Gasteiger partial charge in [-0.05, 0) is 26.0 Å². The molecule has 2 aliphatic heterocycles. The first-order valence-corrected chi connectivity index (χ1v) is 7.06. The molecule has 0 aromatic rings. The van der Waals surface area contributed by atoms with Gasteiger partial charge in [-0.1, -0.05) is 0 Å². The van der Waals surface area contributed by atoms with Crippen molar-refractivity contribution in [1.82, 2.24) is 10.6 Å². The fourth-order valence-electron chi connectivity index (χ4n) is 2.02. The highest BCUT2D eigenvalue weighted by atomic mass is 32.2. The topological polar surface area (TPSA) is 75.3 Å². The molecule has 16 heavy (non-hydrogen) atoms. The van der Waals surface area contributed by atoms with Crippen LogP contribution in [0.25, 0.3) is 0 Å². The monoisotopic (exact) mass is 244 g/mol. The van der Waals surface area contributed by atoms with Crippen LogP contribution >= 0.6 is 0 Å². The highest BCUT2D eigenvalue weighted by Crippen LogP contribution is 2.25. The van der Waals surface area contributed by atoms with E-state index >= 15 is 0 Å². The van der Waals surface area contributed by atoms with Crippen molar-refractivity contribution in [1.29, 1.82) is 0 Å². The van der Waals surface area contributed by atoms with Gasteiger partial charge in [-0.25, -0.2) is 8.42 Å². The van der Waals surface area contributed by atoms with Crippen LogP contribution in [0, 0.1) is 5.41 Å². The standard InChI is InChI=1S/C10H16N2O3S/c1-10(3-4-11-7-10)9(13)12-8-2-5-16(14,15)6-8/h2,5,8,11H,3-4,6-7H2,1H3,(H,12,13). The SMILES string of the molecule is CC1(C(=O)NC2C=CS(=O)(=O)C2)CCNC1. The largest absolute Gasteiger partial charge is 0.348 e. The molecule has 2 unspecified atom stereocenters. The van der Waals surface area contributed by atoms with Crippen molar-refractivity contribution >= 4 is 15.7 Å². The van der Waals surface area contributed by atoms with Gasteiger partial charge in [0.05, 0.1) is 17.2 Å². The Bertz CT molecular complexity index is 421. The maximum Gasteiger partial charge on any atom is 0.227 e. The van der Waals surface area contributed by atoms with Gasteiger partial charge in [0.2, 0.25) is 5.91 Å². The molecule has 0 bridgehead atoms. The van der Waals surface area contributed by atoms with Gasteiger partial charge < -0.3 is 10.6 Å². The molecular formula is C10H16N2O3S. The summed E-state index contributed by atoms with van der Waals surface area (Å²) in [6, 6.07) is -0.366. The molecular weight excluding hydrogens is 228 g/mol. The Morgan fingerprint density at radius 1 is 1.56 bits per heavy atom. The minimum Gasteiger partial charge on any atom is -0.348 e. The van der Waals surface area contributed by atoms with E-state index in [0.717, 1.165) is 13.0 Å². The summed E-state index contributed by atoms with van der Waals surface area (Å²) < 4.78 is 22.3. The number of rotatable bonds is 2. The lowest BCUT2D eigenvalue weighted by molar-refractivity contribution is -0.129. The predicted octanol–water partition coefficient (Wildman–Crippen LogP) is -0.587. The number of hydrogen-bond donors (Lipinski definition) is 2. The van der Waals surface area contributed by atoms with E-state index in [0.29, 0.717) is 6.54 Å². The summed E-state index contributed by atoms with van der Waals surface area (Å²) in [6.45, 7) is 3.39. The Hall–Kier alpha value is -0.880. The summed E-state index contributed by atoms with van der Waals surface area (Å²) in [5.74, 6) is -0.0772. The van der Waals surface area contributed by atoms with Gasteiger partial charge >= 0.3 is 0 Å². The number of nitrogens with one attached hydrogen (secondary N) is 2. The molecule has 1 saturated heterocycles. The number of sulfone groups is 1. The maximum absolute atomic E-state index is 12.0. The van der Waals surface area contributed by atoms with Crippen molar-refractivity contribution in [2.24, 2.45) is 5.41 Å². The minimum atomic E-state index is -3.10. The van der Waals surface area contributed by atoms with E-state index in [9.17, 15) is 13.2 Å². The predicted molar refractivity (Wildman–Crippen MR) is 60.5 cm³/mol. The maximum atomic E-state index is 12.0. The number of carbonyl (C=O) groups excluding carboxylic acids is 1. The lowest BCUT2D eigenvalue weighted by atomic mass is 9.88. The first-order chi connectivity index (χ1) is 7.41. The Morgan fingerprint density at radius 2 is 2.31 bits per heavy atom. The molecule has 5 nitrogen and oxygen atoms in total. The van der Waals surface area contributed by atoms with Crippen molar-refractivity contribution in [3.8, 4) is 0 Å². The van der Waals surface area contributed by atoms with Gasteiger partial charge in [-0.3, -0.25) is 4.79 Å². The van der Waals surface area contributed by atoms with Crippen LogP contribution < -0.4 is 10.6 Å². The normalized spacial score (nSPS) is 36.4. The van der Waals surface area contributed by atoms with Crippen LogP contribution in [-0.4, -0.2) is 39.2 Å². The van der Waals surface area contributed by atoms with Crippen molar-refractivity contribution in [2.45, 2.75) is 19.4 Å². The van der Waals surface area contributed by atoms with Crippen molar-refractivity contribution in [3.05, 3.63) is 11.5 Å². The van der Waals surface area contributed by atoms with Gasteiger partial charge in [-0.2, -0.15) is 0 Å². The molecule has 2 atom stereocenters. The lowest BCUT2D eigenvalue weighted by Gasteiger charge is -2.23. The molecule has 0 radical (unpaired) electrons. The van der Waals surface area contributed by atoms with E-state index in [2.05, 4.69) is 10.6 Å². The third-order valence-electron chi connectivity index (χ3n) is 3.16. The summed E-state index contributed by atoms with van der Waals surface area (Å²) in [4.78, 5) is 12.0. The van der Waals surface area contributed by atoms with E-state index in [1.54, 1.807) is 6.08 Å². The quantitative estimate of drug-likeness (QED) is 0.681. The van der Waals surface area contributed by atoms with Crippen molar-refractivity contribution in [3.63, 3.8) is 0 Å². The third kappa shape index (κ3) is 2.27. The van der Waals surface area contributed by atoms with E-state index in [4.69, 9.17) is 0 Å². The van der Waals surface area contributed by atoms with E-state index < -0.39 is 15.3 Å². The van der Waals surface area contributed by atoms with Crippen LogP contribution in [0.15, 0.2) is 11.5 Å². The van der Waals surface area contributed by atoms with Crippen LogP contribution in [0.5, 0.6) is 0 Å². The van der Waals surface area contributed by atoms with Gasteiger partial charge in [0.15, 0.2) is 9.84 Å². The molecule has 2 heterocycles. The van der Waals surface area contributed by atoms with Crippen LogP contribution in [0.3, 0.4) is 0 Å². The van der Waals surface area contributed by atoms with E-state index in [-0.39, 0.29) is 17.7 Å². The van der Waals surface area contributed by atoms with Gasteiger partial charge in [0, 0.05) is 12.0 Å². The molecule has 6 heteroatoms. The van der Waals surface area contributed by atoms with E-state index in [1.807, 2.05) is 6.92 Å². The molecule has 2 rings (SSSR count). The molecule has 1 fully saturated rings. The second-order valence-corrected chi connectivity index (χ2v) is 6.66. The van der Waals surface area contributed by atoms with Gasteiger partial charge in [0.1, 0.15) is 0 Å². The van der Waals surface area contributed by atoms with Crippen LogP contribution in [-0.2, 0) is 14.6 Å². The zero-order valence-corrected chi connectivity index (χ0v) is 10.0. The first-order valence-electron chi connectivity index (χ1n) is 5.34. The highest BCUT2D eigenvalue weighted by Gasteiger charge is 2.37. The van der Waals surface area contributed by atoms with Crippen molar-refractivity contribution < 1.29 is 13.2 Å². The third-order valence-corrected chi connectivity index (χ3v) is 4.56. The smallest absolute Gasteiger partial charge is 0.227 e. The molecule has 1 amide bonds. The Balaban J connectivity index is 1.96. The minimum absolute atomic E-state index is 0.0117. The molecule has 2 N–H and O–H groups in total. The molecule has 90 valence electrons. The molecule has 0 aromatic carbocycles. The number of hydrogen-bond acceptors (Lipinski definition) is 4. The average Bonchev–Trinajstić information content (AvgIpc) is 2.74. The second-order valence-electron chi connectivity index (χ2n) is 4.73. The fraction of sp³-hybridized carbons (Fsp3) is 0.700. The van der Waals surface area contributed by atoms with Crippen molar-refractivity contribution in [2.75, 3.05) is 18.8 Å². The summed E-state index contributed by atoms with van der Waals surface area (Å²) >= 11 is 0. The fourth-order valence-corrected chi connectivity index (χ4v) is 3.25. The summed E-state index contributed by atoms with van der Waals surface area (Å²) in [6.07, 6.45) is 2.33. The zero-order chi connectivity index (χ0) is 11.8. The average molecular weight is 244 g/mol. The second kappa shape index (κ2) is 3.85. The Labute approximate surface area is 95.2 Å². The highest BCUT2D eigenvalue weighted by molar-refractivity contribution is 7.94. The summed E-state index contributed by atoms with van der Waals surface area (Å²) in [5.41, 5.74) is -0.403. The molecule has 0 spiro atoms. The molecule has 2 aliphatic rings. The Kier molecular flexibility index (Phi) is 2.79. The van der Waals surface area contributed by atoms with Gasteiger partial charge in [0.25, 0.3) is 0 Å². The first kappa shape index (κ1) is 11.6. The summed E-state index contributed by atoms with van der Waals surface area (Å²) in [7, 11) is -3.10. The number of amides is 1. The molecule has 0 aromatic heterocycles. The van der Waals surface area contributed by atoms with Gasteiger partial charge in [-0.15, -0.1) is 0 Å². The van der Waals surface area contributed by atoms with Crippen LogP contribution in [0.4, 0.5) is 0 Å². The molecule has 0 saturated carbocycles. The van der Waals surface area contributed by atoms with Crippen LogP contribution in [0.2, 0.25) is 0 Å². The number of carbonyl (C=O) groups is 1. The summed E-state index contributed by atoms with van der Waals surface area (Å²) in [5, 5.41) is 7.08.